The molecule has 0 fully saturated rings. The highest BCUT2D eigenvalue weighted by molar-refractivity contribution is 5.97. The average Bonchev–Trinajstić information content (AvgIpc) is 2.24. The third-order valence-electron chi connectivity index (χ3n) is 2.13. The van der Waals surface area contributed by atoms with Crippen LogP contribution in [0.2, 0.25) is 0 Å². The van der Waals surface area contributed by atoms with E-state index in [1.807, 2.05) is 0 Å². The van der Waals surface area contributed by atoms with E-state index in [9.17, 15) is 31.1 Å². The van der Waals surface area contributed by atoms with Gasteiger partial charge in [0, 0.05) is 7.05 Å². The Hall–Kier alpha value is -1.73. The highest BCUT2D eigenvalue weighted by Crippen LogP contribution is 2.39. The Kier molecular flexibility index (Phi) is 3.59. The maximum Gasteiger partial charge on any atom is 0.417 e. The van der Waals surface area contributed by atoms with Gasteiger partial charge < -0.3 is 5.32 Å². The van der Waals surface area contributed by atoms with Crippen molar-refractivity contribution in [1.82, 2.24) is 5.32 Å². The van der Waals surface area contributed by atoms with Gasteiger partial charge in [0.15, 0.2) is 0 Å². The van der Waals surface area contributed by atoms with Gasteiger partial charge in [-0.1, -0.05) is 6.07 Å². The molecule has 0 aliphatic heterocycles. The van der Waals surface area contributed by atoms with E-state index in [1.54, 1.807) is 5.32 Å². The summed E-state index contributed by atoms with van der Waals surface area (Å²) in [6.07, 6.45) is -10.1. The fraction of sp³-hybridized carbons (Fsp3) is 0.300. The number of halogens is 6. The fourth-order valence-electron chi connectivity index (χ4n) is 1.39. The second-order valence-corrected chi connectivity index (χ2v) is 3.30. The molecule has 0 aliphatic rings. The first kappa shape index (κ1) is 14.3. The summed E-state index contributed by atoms with van der Waals surface area (Å²) >= 11 is 0. The maximum atomic E-state index is 12.6. The first-order chi connectivity index (χ1) is 8.09. The molecular formula is C10H7F6NO. The van der Waals surface area contributed by atoms with Gasteiger partial charge in [0.25, 0.3) is 5.91 Å². The largest absolute Gasteiger partial charge is 0.417 e. The second kappa shape index (κ2) is 4.51. The van der Waals surface area contributed by atoms with E-state index in [2.05, 4.69) is 0 Å². The molecular weight excluding hydrogens is 264 g/mol. The molecule has 18 heavy (non-hydrogen) atoms. The predicted octanol–water partition coefficient (Wildman–Crippen LogP) is 3.08. The van der Waals surface area contributed by atoms with Gasteiger partial charge in [0.05, 0.1) is 16.7 Å². The molecule has 1 rings (SSSR count). The van der Waals surface area contributed by atoms with Gasteiger partial charge in [-0.05, 0) is 12.1 Å². The highest BCUT2D eigenvalue weighted by Gasteiger charge is 2.42. The number of amides is 1. The lowest BCUT2D eigenvalue weighted by molar-refractivity contribution is -0.143. The minimum atomic E-state index is -5.04. The molecule has 1 aromatic carbocycles. The van der Waals surface area contributed by atoms with Gasteiger partial charge in [-0.25, -0.2) is 0 Å². The number of carbonyl (C=O) groups is 1. The standard InChI is InChI=1S/C10H7F6NO/c1-17-8(18)7-5(9(11,12)13)3-2-4-6(7)10(14,15)16/h2-4H,1H3,(H,17,18). The third-order valence-corrected chi connectivity index (χ3v) is 2.13. The number of hydrogen-bond acceptors (Lipinski definition) is 1. The number of nitrogens with one attached hydrogen (secondary N) is 1. The fourth-order valence-corrected chi connectivity index (χ4v) is 1.39. The first-order valence-corrected chi connectivity index (χ1v) is 4.58. The van der Waals surface area contributed by atoms with E-state index < -0.39 is 35.0 Å². The van der Waals surface area contributed by atoms with Crippen molar-refractivity contribution in [3.8, 4) is 0 Å². The van der Waals surface area contributed by atoms with Gasteiger partial charge in [0.2, 0.25) is 0 Å². The van der Waals surface area contributed by atoms with Crippen molar-refractivity contribution in [2.24, 2.45) is 0 Å². The lowest BCUT2D eigenvalue weighted by atomic mass is 9.99. The van der Waals surface area contributed by atoms with Crippen molar-refractivity contribution in [3.63, 3.8) is 0 Å². The van der Waals surface area contributed by atoms with Crippen molar-refractivity contribution >= 4 is 5.91 Å². The Labute approximate surface area is 97.6 Å². The van der Waals surface area contributed by atoms with Crippen molar-refractivity contribution in [2.75, 3.05) is 7.05 Å². The minimum Gasteiger partial charge on any atom is -0.355 e. The molecule has 0 bridgehead atoms. The summed E-state index contributed by atoms with van der Waals surface area (Å²) in [5.74, 6) is -1.43. The normalized spacial score (nSPS) is 12.4. The average molecular weight is 271 g/mol. The zero-order chi connectivity index (χ0) is 14.1. The Balaban J connectivity index is 3.61. The number of hydrogen-bond donors (Lipinski definition) is 1. The third kappa shape index (κ3) is 2.74. The number of rotatable bonds is 1. The minimum absolute atomic E-state index is 0.430. The lowest BCUT2D eigenvalue weighted by Crippen LogP contribution is -2.26. The molecule has 0 heterocycles. The highest BCUT2D eigenvalue weighted by atomic mass is 19.4. The number of alkyl halides is 6. The zero-order valence-electron chi connectivity index (χ0n) is 8.91. The Morgan fingerprint density at radius 1 is 1.00 bits per heavy atom. The summed E-state index contributed by atoms with van der Waals surface area (Å²) in [6.45, 7) is 0. The van der Waals surface area contributed by atoms with Crippen molar-refractivity contribution in [2.45, 2.75) is 12.4 Å². The quantitative estimate of drug-likeness (QED) is 0.781. The summed E-state index contributed by atoms with van der Waals surface area (Å²) in [5.41, 5.74) is -4.65. The molecule has 0 radical (unpaired) electrons. The molecule has 0 aliphatic carbocycles. The van der Waals surface area contributed by atoms with Crippen LogP contribution in [-0.2, 0) is 12.4 Å². The molecule has 1 N–H and O–H groups in total. The molecule has 0 saturated heterocycles. The van der Waals surface area contributed by atoms with E-state index in [4.69, 9.17) is 0 Å². The second-order valence-electron chi connectivity index (χ2n) is 3.30. The SMILES string of the molecule is CNC(=O)c1c(C(F)(F)F)cccc1C(F)(F)F. The van der Waals surface area contributed by atoms with Crippen LogP contribution < -0.4 is 5.32 Å². The molecule has 1 amide bonds. The molecule has 8 heteroatoms. The Morgan fingerprint density at radius 2 is 1.39 bits per heavy atom. The molecule has 1 aromatic rings. The molecule has 0 spiro atoms. The van der Waals surface area contributed by atoms with Gasteiger partial charge in [-0.3, -0.25) is 4.79 Å². The molecule has 0 unspecified atom stereocenters. The van der Waals surface area contributed by atoms with E-state index in [-0.39, 0.29) is 0 Å². The topological polar surface area (TPSA) is 29.1 Å². The summed E-state index contributed by atoms with van der Waals surface area (Å²) in [5, 5.41) is 1.77. The van der Waals surface area contributed by atoms with Crippen LogP contribution in [0.1, 0.15) is 21.5 Å². The number of benzene rings is 1. The Morgan fingerprint density at radius 3 is 1.67 bits per heavy atom. The van der Waals surface area contributed by atoms with Gasteiger partial charge in [-0.15, -0.1) is 0 Å². The smallest absolute Gasteiger partial charge is 0.355 e. The zero-order valence-corrected chi connectivity index (χ0v) is 8.91. The molecule has 2 nitrogen and oxygen atoms in total. The number of carbonyl (C=O) groups excluding carboxylic acids is 1. The summed E-state index contributed by atoms with van der Waals surface area (Å²) in [6, 6.07) is 1.47. The van der Waals surface area contributed by atoms with Crippen LogP contribution in [0.5, 0.6) is 0 Å². The van der Waals surface area contributed by atoms with Crippen LogP contribution in [0, 0.1) is 0 Å². The van der Waals surface area contributed by atoms with E-state index in [0.29, 0.717) is 18.2 Å². The Bertz CT molecular complexity index is 430. The van der Waals surface area contributed by atoms with Gasteiger partial charge >= 0.3 is 12.4 Å². The summed E-state index contributed by atoms with van der Waals surface area (Å²) < 4.78 is 75.4. The van der Waals surface area contributed by atoms with Crippen molar-refractivity contribution < 1.29 is 31.1 Å². The first-order valence-electron chi connectivity index (χ1n) is 4.58. The molecule has 100 valence electrons. The molecule has 0 aromatic heterocycles. The van der Waals surface area contributed by atoms with Crippen molar-refractivity contribution in [3.05, 3.63) is 34.9 Å². The predicted molar refractivity (Wildman–Crippen MR) is 49.8 cm³/mol. The van der Waals surface area contributed by atoms with Crippen molar-refractivity contribution in [1.29, 1.82) is 0 Å². The molecule has 0 saturated carbocycles. The van der Waals surface area contributed by atoms with Gasteiger partial charge in [-0.2, -0.15) is 26.3 Å². The van der Waals surface area contributed by atoms with Crippen LogP contribution in [-0.4, -0.2) is 13.0 Å². The van der Waals surface area contributed by atoms with E-state index in [0.717, 1.165) is 7.05 Å². The summed E-state index contributed by atoms with van der Waals surface area (Å²) in [4.78, 5) is 11.2. The lowest BCUT2D eigenvalue weighted by Gasteiger charge is -2.17. The maximum absolute atomic E-state index is 12.6. The van der Waals surface area contributed by atoms with Crippen LogP contribution in [0.25, 0.3) is 0 Å². The van der Waals surface area contributed by atoms with E-state index in [1.165, 1.54) is 0 Å². The van der Waals surface area contributed by atoms with Crippen LogP contribution in [0.4, 0.5) is 26.3 Å². The van der Waals surface area contributed by atoms with E-state index >= 15 is 0 Å². The monoisotopic (exact) mass is 271 g/mol. The summed E-state index contributed by atoms with van der Waals surface area (Å²) in [7, 11) is 0.954. The van der Waals surface area contributed by atoms with Crippen LogP contribution in [0.3, 0.4) is 0 Å². The molecule has 0 atom stereocenters. The van der Waals surface area contributed by atoms with Crippen LogP contribution >= 0.6 is 0 Å². The van der Waals surface area contributed by atoms with Gasteiger partial charge in [0.1, 0.15) is 0 Å². The van der Waals surface area contributed by atoms with Crippen LogP contribution in [0.15, 0.2) is 18.2 Å².